The zero-order chi connectivity index (χ0) is 19.6. The van der Waals surface area contributed by atoms with Crippen LogP contribution in [-0.2, 0) is 6.42 Å². The topological polar surface area (TPSA) is 36.5 Å². The molecule has 0 heterocycles. The fourth-order valence-corrected chi connectivity index (χ4v) is 3.21. The summed E-state index contributed by atoms with van der Waals surface area (Å²) in [5.74, 6) is 0.888. The number of rotatable bonds is 9. The number of nitrogens with zero attached hydrogens (tertiary/aromatic N) is 1. The lowest BCUT2D eigenvalue weighted by Gasteiger charge is -2.27. The highest BCUT2D eigenvalue weighted by molar-refractivity contribution is 7.80. The molecular weight excluding hydrogens is 354 g/mol. The Morgan fingerprint density at radius 1 is 1.11 bits per heavy atom. The third-order valence-corrected chi connectivity index (χ3v) is 4.85. The van der Waals surface area contributed by atoms with Crippen molar-refractivity contribution in [2.24, 2.45) is 0 Å². The standard InChI is InChI=1S/C22H31N3OS/c1-5-6-9-17-12-14-18(15-13-17)24-22(27)23-16-20(25(2)3)19-10-7-8-11-21(19)26-4/h7-8,10-15,20H,5-6,9,16H2,1-4H3,(H2,23,24,27)/t20-/m0/s1. The van der Waals surface area contributed by atoms with Gasteiger partial charge in [0.1, 0.15) is 5.75 Å². The average Bonchev–Trinajstić information content (AvgIpc) is 2.67. The minimum atomic E-state index is 0.150. The van der Waals surface area contributed by atoms with Crippen molar-refractivity contribution in [3.63, 3.8) is 0 Å². The van der Waals surface area contributed by atoms with Crippen LogP contribution in [0.1, 0.15) is 36.9 Å². The van der Waals surface area contributed by atoms with E-state index in [0.717, 1.165) is 23.4 Å². The molecule has 1 atom stereocenters. The van der Waals surface area contributed by atoms with Crippen LogP contribution in [0.4, 0.5) is 5.69 Å². The van der Waals surface area contributed by atoms with Gasteiger partial charge in [-0.2, -0.15) is 0 Å². The van der Waals surface area contributed by atoms with Gasteiger partial charge >= 0.3 is 0 Å². The number of hydrogen-bond donors (Lipinski definition) is 2. The van der Waals surface area contributed by atoms with Crippen LogP contribution in [0.5, 0.6) is 5.75 Å². The van der Waals surface area contributed by atoms with E-state index < -0.39 is 0 Å². The second-order valence-electron chi connectivity index (χ2n) is 6.86. The maximum Gasteiger partial charge on any atom is 0.170 e. The summed E-state index contributed by atoms with van der Waals surface area (Å²) in [6, 6.07) is 16.8. The number of benzene rings is 2. The SMILES string of the molecule is CCCCc1ccc(NC(=S)NC[C@@H](c2ccccc2OC)N(C)C)cc1. The summed E-state index contributed by atoms with van der Waals surface area (Å²) in [5, 5.41) is 7.23. The molecule has 2 N–H and O–H groups in total. The molecule has 5 heteroatoms. The number of anilines is 1. The number of thiocarbonyl (C=S) groups is 1. The smallest absolute Gasteiger partial charge is 0.170 e. The maximum atomic E-state index is 5.52. The number of likely N-dealkylation sites (N-methyl/N-ethyl adjacent to an activating group) is 1. The molecule has 4 nitrogen and oxygen atoms in total. The van der Waals surface area contributed by atoms with E-state index >= 15 is 0 Å². The predicted octanol–water partition coefficient (Wildman–Crippen LogP) is 4.63. The van der Waals surface area contributed by atoms with Gasteiger partial charge in [0.05, 0.1) is 13.2 Å². The van der Waals surface area contributed by atoms with E-state index in [4.69, 9.17) is 17.0 Å². The van der Waals surface area contributed by atoms with Gasteiger partial charge in [-0.05, 0) is 62.9 Å². The molecule has 0 unspecified atom stereocenters. The molecule has 0 bridgehead atoms. The quantitative estimate of drug-likeness (QED) is 0.616. The predicted molar refractivity (Wildman–Crippen MR) is 119 cm³/mol. The first-order chi connectivity index (χ1) is 13.0. The van der Waals surface area contributed by atoms with E-state index in [1.807, 2.05) is 18.2 Å². The van der Waals surface area contributed by atoms with Crippen LogP contribution in [0.25, 0.3) is 0 Å². The van der Waals surface area contributed by atoms with Crippen molar-refractivity contribution in [3.8, 4) is 5.75 Å². The van der Waals surface area contributed by atoms with E-state index in [9.17, 15) is 0 Å². The Morgan fingerprint density at radius 3 is 2.44 bits per heavy atom. The Hall–Kier alpha value is -2.11. The molecule has 0 fully saturated rings. The molecule has 0 aliphatic heterocycles. The van der Waals surface area contributed by atoms with E-state index in [0.29, 0.717) is 11.7 Å². The largest absolute Gasteiger partial charge is 0.496 e. The van der Waals surface area contributed by atoms with E-state index in [-0.39, 0.29) is 6.04 Å². The van der Waals surface area contributed by atoms with Gasteiger partial charge in [0.25, 0.3) is 0 Å². The van der Waals surface area contributed by atoms with E-state index in [1.54, 1.807) is 7.11 Å². The lowest BCUT2D eigenvalue weighted by atomic mass is 10.0. The van der Waals surface area contributed by atoms with Crippen LogP contribution in [-0.4, -0.2) is 37.8 Å². The lowest BCUT2D eigenvalue weighted by Crippen LogP contribution is -2.36. The second kappa shape index (κ2) is 10.9. The highest BCUT2D eigenvalue weighted by Crippen LogP contribution is 2.27. The van der Waals surface area contributed by atoms with E-state index in [1.165, 1.54) is 18.4 Å². The summed E-state index contributed by atoms with van der Waals surface area (Å²) in [5.41, 5.74) is 3.51. The van der Waals surface area contributed by atoms with E-state index in [2.05, 4.69) is 66.9 Å². The minimum Gasteiger partial charge on any atom is -0.496 e. The third kappa shape index (κ3) is 6.52. The van der Waals surface area contributed by atoms with Crippen LogP contribution < -0.4 is 15.4 Å². The molecule has 0 radical (unpaired) electrons. The van der Waals surface area contributed by atoms with Gasteiger partial charge < -0.3 is 20.3 Å². The van der Waals surface area contributed by atoms with Gasteiger partial charge in [0, 0.05) is 17.8 Å². The van der Waals surface area contributed by atoms with Gasteiger partial charge in [-0.3, -0.25) is 0 Å². The summed E-state index contributed by atoms with van der Waals surface area (Å²) in [4.78, 5) is 2.16. The number of unbranched alkanes of at least 4 members (excludes halogenated alkanes) is 1. The zero-order valence-electron chi connectivity index (χ0n) is 16.8. The summed E-state index contributed by atoms with van der Waals surface area (Å²) >= 11 is 5.48. The molecule has 0 aliphatic rings. The number of hydrogen-bond acceptors (Lipinski definition) is 3. The van der Waals surface area contributed by atoms with Gasteiger partial charge in [0.15, 0.2) is 5.11 Å². The Kier molecular flexibility index (Phi) is 8.55. The number of methoxy groups -OCH3 is 1. The summed E-state index contributed by atoms with van der Waals surface area (Å²) in [6.07, 6.45) is 3.57. The zero-order valence-corrected chi connectivity index (χ0v) is 17.6. The highest BCUT2D eigenvalue weighted by Gasteiger charge is 2.18. The van der Waals surface area contributed by atoms with Gasteiger partial charge in [-0.1, -0.05) is 43.7 Å². The Morgan fingerprint density at radius 2 is 1.81 bits per heavy atom. The second-order valence-corrected chi connectivity index (χ2v) is 7.27. The first-order valence-electron chi connectivity index (χ1n) is 9.48. The van der Waals surface area contributed by atoms with Crippen molar-refractivity contribution in [3.05, 3.63) is 59.7 Å². The normalized spacial score (nSPS) is 11.9. The number of ether oxygens (including phenoxy) is 1. The lowest BCUT2D eigenvalue weighted by molar-refractivity contribution is 0.288. The van der Waals surface area contributed by atoms with Crippen molar-refractivity contribution in [2.75, 3.05) is 33.1 Å². The fourth-order valence-electron chi connectivity index (χ4n) is 3.01. The number of aryl methyl sites for hydroxylation is 1. The van der Waals surface area contributed by atoms with Crippen LogP contribution in [0, 0.1) is 0 Å². The maximum absolute atomic E-state index is 5.52. The summed E-state index contributed by atoms with van der Waals surface area (Å²) < 4.78 is 5.52. The molecule has 2 aromatic rings. The molecule has 0 saturated carbocycles. The number of para-hydroxylation sites is 1. The average molecular weight is 386 g/mol. The van der Waals surface area contributed by atoms with Crippen LogP contribution in [0.2, 0.25) is 0 Å². The van der Waals surface area contributed by atoms with Crippen LogP contribution >= 0.6 is 12.2 Å². The molecular formula is C22H31N3OS. The first kappa shape index (κ1) is 21.2. The van der Waals surface area contributed by atoms with Gasteiger partial charge in [0.2, 0.25) is 0 Å². The minimum absolute atomic E-state index is 0.150. The van der Waals surface area contributed by atoms with Crippen LogP contribution in [0.3, 0.4) is 0 Å². The monoisotopic (exact) mass is 385 g/mol. The molecule has 0 amide bonds. The molecule has 27 heavy (non-hydrogen) atoms. The Bertz CT molecular complexity index is 716. The third-order valence-electron chi connectivity index (χ3n) is 4.61. The Labute approximate surface area is 168 Å². The van der Waals surface area contributed by atoms with Crippen molar-refractivity contribution in [2.45, 2.75) is 32.2 Å². The molecule has 0 spiro atoms. The highest BCUT2D eigenvalue weighted by atomic mass is 32.1. The number of nitrogens with one attached hydrogen (secondary N) is 2. The first-order valence-corrected chi connectivity index (χ1v) is 9.89. The van der Waals surface area contributed by atoms with Crippen molar-refractivity contribution in [1.29, 1.82) is 0 Å². The molecule has 146 valence electrons. The molecule has 0 aromatic heterocycles. The van der Waals surface area contributed by atoms with Crippen molar-refractivity contribution >= 4 is 23.0 Å². The van der Waals surface area contributed by atoms with Crippen molar-refractivity contribution in [1.82, 2.24) is 10.2 Å². The summed E-state index contributed by atoms with van der Waals surface area (Å²) in [7, 11) is 5.82. The molecule has 0 aliphatic carbocycles. The summed E-state index contributed by atoms with van der Waals surface area (Å²) in [6.45, 7) is 2.90. The van der Waals surface area contributed by atoms with Gasteiger partial charge in [-0.15, -0.1) is 0 Å². The fraction of sp³-hybridized carbons (Fsp3) is 0.409. The van der Waals surface area contributed by atoms with Crippen molar-refractivity contribution < 1.29 is 4.74 Å². The Balaban J connectivity index is 1.94. The molecule has 2 rings (SSSR count). The van der Waals surface area contributed by atoms with Crippen LogP contribution in [0.15, 0.2) is 48.5 Å². The molecule has 2 aromatic carbocycles. The molecule has 0 saturated heterocycles. The van der Waals surface area contributed by atoms with Gasteiger partial charge in [-0.25, -0.2) is 0 Å².